The zero-order valence-electron chi connectivity index (χ0n) is 12.3. The van der Waals surface area contributed by atoms with E-state index in [9.17, 15) is 17.6 Å². The number of carbonyl (C=O) groups is 1. The summed E-state index contributed by atoms with van der Waals surface area (Å²) in [5.74, 6) is -2.11. The second kappa shape index (κ2) is 6.85. The molecule has 0 spiro atoms. The van der Waals surface area contributed by atoms with Crippen LogP contribution in [0.25, 0.3) is 0 Å². The van der Waals surface area contributed by atoms with E-state index >= 15 is 0 Å². The molecule has 1 aromatic rings. The number of aliphatic carboxylic acids is 1. The van der Waals surface area contributed by atoms with Gasteiger partial charge in [-0.15, -0.1) is 0 Å². The van der Waals surface area contributed by atoms with Crippen LogP contribution in [-0.4, -0.2) is 25.0 Å². The molecule has 1 aromatic carbocycles. The van der Waals surface area contributed by atoms with Gasteiger partial charge >= 0.3 is 5.97 Å². The molecule has 0 radical (unpaired) electrons. The fraction of sp³-hybridized carbons (Fsp3) is 0.429. The number of rotatable bonds is 7. The topological polar surface area (TPSA) is 107 Å². The van der Waals surface area contributed by atoms with Crippen molar-refractivity contribution < 1.29 is 22.7 Å². The third kappa shape index (κ3) is 5.79. The summed E-state index contributed by atoms with van der Waals surface area (Å²) in [6.07, 6.45) is -0.0500. The number of carboxylic acids is 1. The first-order chi connectivity index (χ1) is 10.0. The van der Waals surface area contributed by atoms with E-state index in [-0.39, 0.29) is 24.0 Å². The highest BCUT2D eigenvalue weighted by molar-refractivity contribution is 7.88. The lowest BCUT2D eigenvalue weighted by Crippen LogP contribution is -2.44. The predicted molar refractivity (Wildman–Crippen MR) is 77.8 cm³/mol. The number of benzene rings is 1. The van der Waals surface area contributed by atoms with Crippen LogP contribution in [0.4, 0.5) is 4.39 Å². The average molecular weight is 328 g/mol. The van der Waals surface area contributed by atoms with Crippen molar-refractivity contribution >= 4 is 16.0 Å². The van der Waals surface area contributed by atoms with Crippen LogP contribution in [0, 0.1) is 17.1 Å². The minimum absolute atomic E-state index is 0.0475. The molecule has 0 fully saturated rings. The molecule has 0 saturated heterocycles. The highest BCUT2D eigenvalue weighted by Gasteiger charge is 2.26. The van der Waals surface area contributed by atoms with E-state index < -0.39 is 33.1 Å². The van der Waals surface area contributed by atoms with Gasteiger partial charge in [0.2, 0.25) is 10.0 Å². The Morgan fingerprint density at radius 2 is 2.09 bits per heavy atom. The largest absolute Gasteiger partial charge is 0.481 e. The zero-order chi connectivity index (χ0) is 17.0. The summed E-state index contributed by atoms with van der Waals surface area (Å²) >= 11 is 0. The fourth-order valence-electron chi connectivity index (χ4n) is 1.91. The van der Waals surface area contributed by atoms with Gasteiger partial charge in [0.25, 0.3) is 0 Å². The van der Waals surface area contributed by atoms with Gasteiger partial charge in [0.05, 0.1) is 17.4 Å². The molecule has 0 unspecified atom stereocenters. The van der Waals surface area contributed by atoms with Crippen LogP contribution in [0.5, 0.6) is 0 Å². The summed E-state index contributed by atoms with van der Waals surface area (Å²) in [5.41, 5.74) is -0.802. The average Bonchev–Trinajstić information content (AvgIpc) is 2.37. The Hall–Kier alpha value is -1.98. The quantitative estimate of drug-likeness (QED) is 0.793. The third-order valence-electron chi connectivity index (χ3n) is 2.93. The Morgan fingerprint density at radius 3 is 2.64 bits per heavy atom. The van der Waals surface area contributed by atoms with E-state index in [0.717, 1.165) is 12.1 Å². The maximum absolute atomic E-state index is 13.0. The van der Waals surface area contributed by atoms with Crippen molar-refractivity contribution in [3.8, 4) is 6.07 Å². The predicted octanol–water partition coefficient (Wildman–Crippen LogP) is 1.76. The molecule has 0 aromatic heterocycles. The van der Waals surface area contributed by atoms with Gasteiger partial charge in [-0.25, -0.2) is 17.5 Å². The number of halogens is 1. The van der Waals surface area contributed by atoms with Gasteiger partial charge in [-0.1, -0.05) is 6.07 Å². The smallest absolute Gasteiger partial charge is 0.303 e. The molecule has 22 heavy (non-hydrogen) atoms. The molecule has 8 heteroatoms. The summed E-state index contributed by atoms with van der Waals surface area (Å²) < 4.78 is 39.8. The van der Waals surface area contributed by atoms with Crippen molar-refractivity contribution in [1.82, 2.24) is 4.72 Å². The molecule has 0 amide bonds. The van der Waals surface area contributed by atoms with Gasteiger partial charge in [-0.05, 0) is 38.0 Å². The van der Waals surface area contributed by atoms with Crippen LogP contribution in [0.15, 0.2) is 18.2 Å². The molecule has 0 aliphatic carbocycles. The third-order valence-corrected chi connectivity index (χ3v) is 4.49. The maximum Gasteiger partial charge on any atom is 0.303 e. The van der Waals surface area contributed by atoms with E-state index in [1.54, 1.807) is 19.9 Å². The summed E-state index contributed by atoms with van der Waals surface area (Å²) in [4.78, 5) is 10.6. The number of nitrogens with one attached hydrogen (secondary N) is 1. The van der Waals surface area contributed by atoms with Crippen LogP contribution < -0.4 is 4.72 Å². The molecular weight excluding hydrogens is 311 g/mol. The monoisotopic (exact) mass is 328 g/mol. The molecule has 0 atom stereocenters. The Balaban J connectivity index is 2.88. The molecule has 2 N–H and O–H groups in total. The van der Waals surface area contributed by atoms with Gasteiger partial charge in [0.15, 0.2) is 0 Å². The summed E-state index contributed by atoms with van der Waals surface area (Å²) in [7, 11) is -3.80. The van der Waals surface area contributed by atoms with E-state index in [1.807, 2.05) is 0 Å². The number of hydrogen-bond donors (Lipinski definition) is 2. The second-order valence-electron chi connectivity index (χ2n) is 5.55. The van der Waals surface area contributed by atoms with E-state index in [2.05, 4.69) is 4.72 Å². The lowest BCUT2D eigenvalue weighted by molar-refractivity contribution is -0.137. The van der Waals surface area contributed by atoms with Gasteiger partial charge < -0.3 is 5.11 Å². The number of nitrogens with zero attached hydrogens (tertiary/aromatic N) is 1. The second-order valence-corrected chi connectivity index (χ2v) is 7.27. The van der Waals surface area contributed by atoms with Crippen molar-refractivity contribution in [1.29, 1.82) is 5.26 Å². The van der Waals surface area contributed by atoms with Crippen molar-refractivity contribution in [2.45, 2.75) is 38.0 Å². The molecule has 0 aliphatic heterocycles. The van der Waals surface area contributed by atoms with Crippen molar-refractivity contribution in [3.05, 3.63) is 35.1 Å². The Labute approximate surface area is 128 Å². The lowest BCUT2D eigenvalue weighted by Gasteiger charge is -2.25. The molecule has 0 heterocycles. The Bertz CT molecular complexity index is 708. The van der Waals surface area contributed by atoms with E-state index in [0.29, 0.717) is 0 Å². The highest BCUT2D eigenvalue weighted by Crippen LogP contribution is 2.17. The van der Waals surface area contributed by atoms with Gasteiger partial charge in [-0.2, -0.15) is 5.26 Å². The molecule has 6 nitrogen and oxygen atoms in total. The number of hydrogen-bond acceptors (Lipinski definition) is 4. The fourth-order valence-corrected chi connectivity index (χ4v) is 3.59. The van der Waals surface area contributed by atoms with Gasteiger partial charge in [0, 0.05) is 12.0 Å². The molecule has 0 saturated carbocycles. The Kier molecular flexibility index (Phi) is 5.63. The van der Waals surface area contributed by atoms with Crippen LogP contribution in [0.3, 0.4) is 0 Å². The molecule has 1 rings (SSSR count). The molecule has 0 bridgehead atoms. The first-order valence-electron chi connectivity index (χ1n) is 6.47. The zero-order valence-corrected chi connectivity index (χ0v) is 13.1. The first-order valence-corrected chi connectivity index (χ1v) is 8.12. The Morgan fingerprint density at radius 1 is 1.45 bits per heavy atom. The maximum atomic E-state index is 13.0. The van der Waals surface area contributed by atoms with Crippen molar-refractivity contribution in [2.75, 3.05) is 0 Å². The molecule has 0 aliphatic rings. The first kappa shape index (κ1) is 18.1. The standard InChI is InChI=1S/C14H17FN2O4S/c1-14(2,6-5-13(18)19)17-22(20,21)9-10-3-4-12(15)7-11(10)8-16/h3-4,7,17H,5-6,9H2,1-2H3,(H,18,19). The van der Waals surface area contributed by atoms with Crippen LogP contribution in [0.2, 0.25) is 0 Å². The highest BCUT2D eigenvalue weighted by atomic mass is 32.2. The van der Waals surface area contributed by atoms with Crippen LogP contribution in [-0.2, 0) is 20.6 Å². The molecule has 120 valence electrons. The van der Waals surface area contributed by atoms with Gasteiger partial charge in [0.1, 0.15) is 5.82 Å². The van der Waals surface area contributed by atoms with Crippen LogP contribution in [0.1, 0.15) is 37.8 Å². The minimum Gasteiger partial charge on any atom is -0.481 e. The summed E-state index contributed by atoms with van der Waals surface area (Å²) in [6.45, 7) is 3.15. The van der Waals surface area contributed by atoms with Crippen molar-refractivity contribution in [3.63, 3.8) is 0 Å². The SMILES string of the molecule is CC(C)(CCC(=O)O)NS(=O)(=O)Cc1ccc(F)cc1C#N. The molecular formula is C14H17FN2O4S. The van der Waals surface area contributed by atoms with Crippen molar-refractivity contribution in [2.24, 2.45) is 0 Å². The minimum atomic E-state index is -3.80. The number of carboxylic acid groups (broad SMARTS) is 1. The number of sulfonamides is 1. The van der Waals surface area contributed by atoms with E-state index in [4.69, 9.17) is 10.4 Å². The summed E-state index contributed by atoms with van der Waals surface area (Å²) in [5, 5.41) is 17.6. The lowest BCUT2D eigenvalue weighted by atomic mass is 10.0. The van der Waals surface area contributed by atoms with Crippen LogP contribution >= 0.6 is 0 Å². The summed E-state index contributed by atoms with van der Waals surface area (Å²) in [6, 6.07) is 5.06. The number of nitriles is 1. The van der Waals surface area contributed by atoms with E-state index in [1.165, 1.54) is 6.07 Å². The van der Waals surface area contributed by atoms with Gasteiger partial charge in [-0.3, -0.25) is 4.79 Å². The normalized spacial score (nSPS) is 11.9.